The van der Waals surface area contributed by atoms with Crippen LogP contribution in [-0.4, -0.2) is 31.3 Å². The fourth-order valence-electron chi connectivity index (χ4n) is 1.24. The number of rotatable bonds is 4. The Morgan fingerprint density at radius 1 is 1.30 bits per heavy atom. The van der Waals surface area contributed by atoms with Gasteiger partial charge in [0.05, 0.1) is 11.6 Å². The molecule has 0 amide bonds. The van der Waals surface area contributed by atoms with Crippen molar-refractivity contribution in [1.29, 1.82) is 0 Å². The Labute approximate surface area is 115 Å². The fourth-order valence-corrected chi connectivity index (χ4v) is 1.24. The van der Waals surface area contributed by atoms with Gasteiger partial charge in [-0.05, 0) is 37.6 Å². The van der Waals surface area contributed by atoms with E-state index >= 15 is 0 Å². The molecular formula is C12H16N6O2. The third-order valence-corrected chi connectivity index (χ3v) is 3.03. The summed E-state index contributed by atoms with van der Waals surface area (Å²) in [6.45, 7) is 5.52. The molecule has 0 saturated heterocycles. The third kappa shape index (κ3) is 2.90. The molecule has 0 atom stereocenters. The molecule has 2 aromatic rings. The van der Waals surface area contributed by atoms with E-state index < -0.39 is 5.41 Å². The molecule has 0 spiro atoms. The summed E-state index contributed by atoms with van der Waals surface area (Å²) in [5.74, 6) is -0.0582. The van der Waals surface area contributed by atoms with Crippen molar-refractivity contribution in [3.8, 4) is 11.4 Å². The number of hydrogen-bond acceptors (Lipinski definition) is 7. The average molecular weight is 276 g/mol. The van der Waals surface area contributed by atoms with Gasteiger partial charge in [0.1, 0.15) is 17.2 Å². The van der Waals surface area contributed by atoms with E-state index in [0.29, 0.717) is 23.6 Å². The summed E-state index contributed by atoms with van der Waals surface area (Å²) in [5.41, 5.74) is 5.82. The van der Waals surface area contributed by atoms with Crippen LogP contribution in [0.25, 0.3) is 11.4 Å². The minimum Gasteiger partial charge on any atom is -0.382 e. The molecule has 106 valence electrons. The van der Waals surface area contributed by atoms with Gasteiger partial charge < -0.3 is 10.6 Å². The van der Waals surface area contributed by atoms with E-state index in [-0.39, 0.29) is 5.97 Å². The number of carbonyl (C=O) groups is 1. The number of nitrogens with zero attached hydrogens (tertiary/aromatic N) is 5. The molecule has 0 radical (unpaired) electrons. The summed E-state index contributed by atoms with van der Waals surface area (Å²) in [6.07, 6.45) is 2.13. The van der Waals surface area contributed by atoms with Crippen LogP contribution in [0.15, 0.2) is 18.3 Å². The van der Waals surface area contributed by atoms with Gasteiger partial charge in [0.15, 0.2) is 0 Å². The fraction of sp³-hybridized carbons (Fsp3) is 0.417. The first-order valence-corrected chi connectivity index (χ1v) is 6.17. The van der Waals surface area contributed by atoms with E-state index in [2.05, 4.69) is 20.5 Å². The molecule has 0 aliphatic carbocycles. The second kappa shape index (κ2) is 5.24. The summed E-state index contributed by atoms with van der Waals surface area (Å²) >= 11 is 0. The SMILES string of the molecule is CCC(C)(C)C(=O)On1cc(-c2ccc(N)nn2)nn1. The molecule has 0 aromatic carbocycles. The summed E-state index contributed by atoms with van der Waals surface area (Å²) in [6, 6.07) is 3.27. The number of aromatic nitrogens is 5. The monoisotopic (exact) mass is 276 g/mol. The zero-order valence-electron chi connectivity index (χ0n) is 11.6. The van der Waals surface area contributed by atoms with Crippen LogP contribution in [0.4, 0.5) is 5.82 Å². The smallest absolute Gasteiger partial charge is 0.340 e. The maximum absolute atomic E-state index is 11.9. The van der Waals surface area contributed by atoms with Gasteiger partial charge in [0.2, 0.25) is 0 Å². The first-order chi connectivity index (χ1) is 9.42. The molecule has 0 bridgehead atoms. The Kier molecular flexibility index (Phi) is 3.64. The first-order valence-electron chi connectivity index (χ1n) is 6.17. The largest absolute Gasteiger partial charge is 0.382 e. The second-order valence-corrected chi connectivity index (χ2v) is 4.97. The number of anilines is 1. The molecule has 8 heteroatoms. The molecule has 8 nitrogen and oxygen atoms in total. The van der Waals surface area contributed by atoms with Gasteiger partial charge in [-0.15, -0.1) is 15.3 Å². The Morgan fingerprint density at radius 3 is 2.65 bits per heavy atom. The van der Waals surface area contributed by atoms with E-state index in [9.17, 15) is 4.79 Å². The average Bonchev–Trinajstić information content (AvgIpc) is 2.88. The topological polar surface area (TPSA) is 109 Å². The van der Waals surface area contributed by atoms with Crippen LogP contribution in [0.3, 0.4) is 0 Å². The van der Waals surface area contributed by atoms with Gasteiger partial charge in [-0.3, -0.25) is 0 Å². The van der Waals surface area contributed by atoms with Crippen molar-refractivity contribution in [3.05, 3.63) is 18.3 Å². The Balaban J connectivity index is 2.14. The maximum atomic E-state index is 11.9. The first kappa shape index (κ1) is 13.9. The van der Waals surface area contributed by atoms with Crippen molar-refractivity contribution in [1.82, 2.24) is 25.4 Å². The minimum atomic E-state index is -0.576. The summed E-state index contributed by atoms with van der Waals surface area (Å²) < 4.78 is 0. The Morgan fingerprint density at radius 2 is 2.05 bits per heavy atom. The lowest BCUT2D eigenvalue weighted by Crippen LogP contribution is -2.33. The summed E-state index contributed by atoms with van der Waals surface area (Å²) in [5, 5.41) is 15.2. The molecule has 2 rings (SSSR count). The summed E-state index contributed by atoms with van der Waals surface area (Å²) in [4.78, 5) is 18.0. The molecule has 0 saturated carbocycles. The molecular weight excluding hydrogens is 260 g/mol. The van der Waals surface area contributed by atoms with E-state index in [0.717, 1.165) is 4.85 Å². The highest BCUT2D eigenvalue weighted by atomic mass is 16.7. The van der Waals surface area contributed by atoms with E-state index in [1.807, 2.05) is 6.92 Å². The van der Waals surface area contributed by atoms with Crippen LogP contribution < -0.4 is 10.6 Å². The van der Waals surface area contributed by atoms with Crippen molar-refractivity contribution in [2.75, 3.05) is 5.73 Å². The predicted molar refractivity (Wildman–Crippen MR) is 71.1 cm³/mol. The molecule has 2 N–H and O–H groups in total. The number of hydrogen-bond donors (Lipinski definition) is 1. The highest BCUT2D eigenvalue weighted by Gasteiger charge is 2.28. The normalized spacial score (nSPS) is 11.3. The summed E-state index contributed by atoms with van der Waals surface area (Å²) in [7, 11) is 0. The molecule has 2 aromatic heterocycles. The lowest BCUT2D eigenvalue weighted by molar-refractivity contribution is -0.156. The molecule has 0 unspecified atom stereocenters. The second-order valence-electron chi connectivity index (χ2n) is 4.97. The van der Waals surface area contributed by atoms with Crippen LogP contribution >= 0.6 is 0 Å². The van der Waals surface area contributed by atoms with Gasteiger partial charge in [-0.2, -0.15) is 0 Å². The van der Waals surface area contributed by atoms with Crippen LogP contribution in [0, 0.1) is 5.41 Å². The van der Waals surface area contributed by atoms with Crippen molar-refractivity contribution >= 4 is 11.8 Å². The molecule has 0 aliphatic heterocycles. The Bertz CT molecular complexity index is 605. The zero-order chi connectivity index (χ0) is 14.8. The Hall–Kier alpha value is -2.51. The van der Waals surface area contributed by atoms with Crippen LogP contribution in [0.1, 0.15) is 27.2 Å². The van der Waals surface area contributed by atoms with Gasteiger partial charge >= 0.3 is 5.97 Å². The van der Waals surface area contributed by atoms with Crippen molar-refractivity contribution < 1.29 is 9.63 Å². The van der Waals surface area contributed by atoms with E-state index in [1.165, 1.54) is 6.20 Å². The van der Waals surface area contributed by atoms with E-state index in [1.54, 1.807) is 26.0 Å². The van der Waals surface area contributed by atoms with Crippen molar-refractivity contribution in [2.24, 2.45) is 5.41 Å². The number of carbonyl (C=O) groups excluding carboxylic acids is 1. The number of nitrogens with two attached hydrogens (primary N) is 1. The molecule has 0 aliphatic rings. The minimum absolute atomic E-state index is 0.317. The lowest BCUT2D eigenvalue weighted by Gasteiger charge is -2.18. The van der Waals surface area contributed by atoms with Gasteiger partial charge in [0, 0.05) is 0 Å². The van der Waals surface area contributed by atoms with E-state index in [4.69, 9.17) is 10.6 Å². The standard InChI is InChI=1S/C12H16N6O2/c1-4-12(2,3)11(19)20-18-7-9(15-17-18)8-5-6-10(13)16-14-8/h5-7H,4H2,1-3H3,(H2,13,16). The lowest BCUT2D eigenvalue weighted by atomic mass is 9.91. The highest BCUT2D eigenvalue weighted by Crippen LogP contribution is 2.20. The number of nitrogen functional groups attached to an aromatic ring is 1. The highest BCUT2D eigenvalue weighted by molar-refractivity contribution is 5.76. The van der Waals surface area contributed by atoms with Gasteiger partial charge in [-0.1, -0.05) is 11.8 Å². The van der Waals surface area contributed by atoms with Crippen molar-refractivity contribution in [2.45, 2.75) is 27.2 Å². The van der Waals surface area contributed by atoms with Crippen LogP contribution in [0.2, 0.25) is 0 Å². The third-order valence-electron chi connectivity index (χ3n) is 3.03. The predicted octanol–water partition coefficient (Wildman–Crippen LogP) is 0.709. The zero-order valence-corrected chi connectivity index (χ0v) is 11.6. The van der Waals surface area contributed by atoms with Crippen LogP contribution in [0.5, 0.6) is 0 Å². The van der Waals surface area contributed by atoms with Gasteiger partial charge in [0.25, 0.3) is 0 Å². The van der Waals surface area contributed by atoms with Crippen molar-refractivity contribution in [3.63, 3.8) is 0 Å². The molecule has 20 heavy (non-hydrogen) atoms. The maximum Gasteiger partial charge on any atom is 0.340 e. The van der Waals surface area contributed by atoms with Crippen LogP contribution in [-0.2, 0) is 4.79 Å². The quantitative estimate of drug-likeness (QED) is 0.819. The molecule has 2 heterocycles. The molecule has 0 fully saturated rings. The van der Waals surface area contributed by atoms with Gasteiger partial charge in [-0.25, -0.2) is 4.79 Å².